The second-order valence-electron chi connectivity index (χ2n) is 4.22. The predicted molar refractivity (Wildman–Crippen MR) is 66.8 cm³/mol. The molecule has 0 radical (unpaired) electrons. The van der Waals surface area contributed by atoms with Crippen LogP contribution >= 0.6 is 11.5 Å². The Kier molecular flexibility index (Phi) is 3.93. The number of amides is 1. The van der Waals surface area contributed by atoms with E-state index in [9.17, 15) is 13.2 Å². The van der Waals surface area contributed by atoms with Gasteiger partial charge in [-0.3, -0.25) is 4.79 Å². The first-order valence-corrected chi connectivity index (χ1v) is 8.18. The minimum atomic E-state index is -3.19. The molecule has 1 aliphatic rings. The van der Waals surface area contributed by atoms with E-state index in [2.05, 4.69) is 14.9 Å². The highest BCUT2D eigenvalue weighted by Crippen LogP contribution is 2.13. The Morgan fingerprint density at radius 1 is 1.61 bits per heavy atom. The molecule has 1 amide bonds. The molecule has 1 atom stereocenters. The maximum atomic E-state index is 11.8. The van der Waals surface area contributed by atoms with Crippen LogP contribution in [0.2, 0.25) is 0 Å². The number of sulfonamides is 1. The fourth-order valence-corrected chi connectivity index (χ4v) is 3.23. The summed E-state index contributed by atoms with van der Waals surface area (Å²) in [5.74, 6) is -0.302. The molecule has 1 fully saturated rings. The van der Waals surface area contributed by atoms with E-state index in [1.165, 1.54) is 10.6 Å². The van der Waals surface area contributed by atoms with Crippen molar-refractivity contribution in [3.05, 3.63) is 11.1 Å². The molecule has 1 aliphatic heterocycles. The van der Waals surface area contributed by atoms with Crippen molar-refractivity contribution in [2.45, 2.75) is 18.9 Å². The lowest BCUT2D eigenvalue weighted by Gasteiger charge is -2.31. The van der Waals surface area contributed by atoms with Crippen molar-refractivity contribution < 1.29 is 13.2 Å². The van der Waals surface area contributed by atoms with E-state index in [1.54, 1.807) is 5.38 Å². The van der Waals surface area contributed by atoms with Gasteiger partial charge in [-0.15, -0.1) is 5.10 Å². The van der Waals surface area contributed by atoms with Crippen LogP contribution in [0, 0.1) is 0 Å². The monoisotopic (exact) mass is 290 g/mol. The zero-order valence-corrected chi connectivity index (χ0v) is 11.5. The smallest absolute Gasteiger partial charge is 0.272 e. The van der Waals surface area contributed by atoms with Gasteiger partial charge in [0.15, 0.2) is 5.69 Å². The summed E-state index contributed by atoms with van der Waals surface area (Å²) in [6.07, 6.45) is 2.70. The maximum Gasteiger partial charge on any atom is 0.272 e. The van der Waals surface area contributed by atoms with E-state index in [0.717, 1.165) is 24.4 Å². The van der Waals surface area contributed by atoms with Gasteiger partial charge in [0, 0.05) is 24.5 Å². The van der Waals surface area contributed by atoms with Gasteiger partial charge in [0.05, 0.1) is 6.26 Å². The fourth-order valence-electron chi connectivity index (χ4n) is 1.88. The highest BCUT2D eigenvalue weighted by molar-refractivity contribution is 7.88. The van der Waals surface area contributed by atoms with E-state index in [0.29, 0.717) is 13.1 Å². The van der Waals surface area contributed by atoms with Crippen LogP contribution in [0.5, 0.6) is 0 Å². The molecule has 7 nitrogen and oxygen atoms in total. The SMILES string of the molecule is CS(=O)(=O)N1CCC[C@H](NC(=O)c2csnn2)C1. The first-order chi connectivity index (χ1) is 8.47. The third-order valence-electron chi connectivity index (χ3n) is 2.78. The van der Waals surface area contributed by atoms with Crippen LogP contribution in [-0.2, 0) is 10.0 Å². The normalized spacial score (nSPS) is 21.7. The Morgan fingerprint density at radius 3 is 3.00 bits per heavy atom. The van der Waals surface area contributed by atoms with Crippen molar-refractivity contribution in [2.75, 3.05) is 19.3 Å². The molecule has 1 aromatic heterocycles. The Morgan fingerprint density at radius 2 is 2.39 bits per heavy atom. The van der Waals surface area contributed by atoms with Gasteiger partial charge in [-0.1, -0.05) is 4.49 Å². The molecule has 18 heavy (non-hydrogen) atoms. The molecule has 0 bridgehead atoms. The van der Waals surface area contributed by atoms with Gasteiger partial charge >= 0.3 is 0 Å². The van der Waals surface area contributed by atoms with Crippen molar-refractivity contribution in [3.8, 4) is 0 Å². The third-order valence-corrected chi connectivity index (χ3v) is 4.56. The lowest BCUT2D eigenvalue weighted by atomic mass is 10.1. The number of aromatic nitrogens is 2. The summed E-state index contributed by atoms with van der Waals surface area (Å²) in [4.78, 5) is 11.8. The Hall–Kier alpha value is -1.06. The number of hydrogen-bond acceptors (Lipinski definition) is 6. The van der Waals surface area contributed by atoms with Crippen molar-refractivity contribution in [1.29, 1.82) is 0 Å². The maximum absolute atomic E-state index is 11.8. The van der Waals surface area contributed by atoms with Gasteiger partial charge in [0.25, 0.3) is 5.91 Å². The van der Waals surface area contributed by atoms with Crippen LogP contribution in [0.1, 0.15) is 23.3 Å². The zero-order chi connectivity index (χ0) is 13.2. The Bertz CT molecular complexity index is 514. The van der Waals surface area contributed by atoms with E-state index in [1.807, 2.05) is 0 Å². The van der Waals surface area contributed by atoms with E-state index >= 15 is 0 Å². The van der Waals surface area contributed by atoms with E-state index in [-0.39, 0.29) is 17.6 Å². The van der Waals surface area contributed by atoms with Gasteiger partial charge in [0.1, 0.15) is 0 Å². The highest BCUT2D eigenvalue weighted by atomic mass is 32.2. The first kappa shape index (κ1) is 13.4. The third kappa shape index (κ3) is 3.24. The fraction of sp³-hybridized carbons (Fsp3) is 0.667. The average molecular weight is 290 g/mol. The van der Waals surface area contributed by atoms with Gasteiger partial charge in [-0.05, 0) is 24.4 Å². The van der Waals surface area contributed by atoms with Gasteiger partial charge in [-0.2, -0.15) is 0 Å². The van der Waals surface area contributed by atoms with Crippen molar-refractivity contribution in [1.82, 2.24) is 19.2 Å². The number of carbonyl (C=O) groups is 1. The van der Waals surface area contributed by atoms with Gasteiger partial charge < -0.3 is 5.32 Å². The summed E-state index contributed by atoms with van der Waals surface area (Å²) in [5.41, 5.74) is 0.275. The molecule has 0 saturated carbocycles. The second kappa shape index (κ2) is 5.29. The summed E-state index contributed by atoms with van der Waals surface area (Å²) in [6.45, 7) is 0.839. The van der Waals surface area contributed by atoms with Crippen LogP contribution in [0.3, 0.4) is 0 Å². The van der Waals surface area contributed by atoms with Crippen LogP contribution in [0.15, 0.2) is 5.38 Å². The minimum absolute atomic E-state index is 0.164. The Balaban J connectivity index is 1.96. The number of nitrogens with one attached hydrogen (secondary N) is 1. The average Bonchev–Trinajstić information content (AvgIpc) is 2.81. The van der Waals surface area contributed by atoms with Crippen LogP contribution in [-0.4, -0.2) is 53.6 Å². The summed E-state index contributed by atoms with van der Waals surface area (Å²) in [6, 6.07) is -0.164. The molecular formula is C9H14N4O3S2. The summed E-state index contributed by atoms with van der Waals surface area (Å²) >= 11 is 1.11. The second-order valence-corrected chi connectivity index (χ2v) is 6.82. The van der Waals surface area contributed by atoms with Crippen molar-refractivity contribution >= 4 is 27.5 Å². The van der Waals surface area contributed by atoms with Crippen molar-refractivity contribution in [3.63, 3.8) is 0 Å². The Labute approximate surface area is 109 Å². The number of carbonyl (C=O) groups excluding carboxylic acids is 1. The molecule has 9 heteroatoms. The van der Waals surface area contributed by atoms with E-state index < -0.39 is 10.0 Å². The van der Waals surface area contributed by atoms with Crippen LogP contribution in [0.4, 0.5) is 0 Å². The number of rotatable bonds is 3. The summed E-state index contributed by atoms with van der Waals surface area (Å²) < 4.78 is 27.9. The van der Waals surface area contributed by atoms with E-state index in [4.69, 9.17) is 0 Å². The minimum Gasteiger partial charge on any atom is -0.347 e. The number of hydrogen-bond donors (Lipinski definition) is 1. The highest BCUT2D eigenvalue weighted by Gasteiger charge is 2.27. The molecule has 0 aromatic carbocycles. The number of nitrogens with zero attached hydrogens (tertiary/aromatic N) is 3. The molecule has 100 valence electrons. The largest absolute Gasteiger partial charge is 0.347 e. The molecule has 0 spiro atoms. The lowest BCUT2D eigenvalue weighted by molar-refractivity contribution is 0.0916. The first-order valence-electron chi connectivity index (χ1n) is 5.50. The molecule has 2 heterocycles. The molecular weight excluding hydrogens is 276 g/mol. The summed E-state index contributed by atoms with van der Waals surface area (Å²) in [5, 5.41) is 8.02. The topological polar surface area (TPSA) is 92.3 Å². The van der Waals surface area contributed by atoms with Gasteiger partial charge in [-0.25, -0.2) is 12.7 Å². The standard InChI is InChI=1S/C9H14N4O3S2/c1-18(15,16)13-4-2-3-7(5-13)10-9(14)8-6-17-12-11-8/h6-7H,2-5H2,1H3,(H,10,14)/t7-/m0/s1. The molecule has 0 unspecified atom stereocenters. The lowest BCUT2D eigenvalue weighted by Crippen LogP contribution is -2.49. The van der Waals surface area contributed by atoms with Crippen LogP contribution < -0.4 is 5.32 Å². The molecule has 0 aliphatic carbocycles. The molecule has 1 saturated heterocycles. The van der Waals surface area contributed by atoms with Crippen molar-refractivity contribution in [2.24, 2.45) is 0 Å². The van der Waals surface area contributed by atoms with Crippen LogP contribution in [0.25, 0.3) is 0 Å². The quantitative estimate of drug-likeness (QED) is 0.824. The zero-order valence-electron chi connectivity index (χ0n) is 9.87. The predicted octanol–water partition coefficient (Wildman–Crippen LogP) is -0.308. The summed E-state index contributed by atoms with van der Waals surface area (Å²) in [7, 11) is -3.19. The molecule has 2 rings (SSSR count). The molecule has 1 aromatic rings. The number of piperidine rings is 1. The molecule has 1 N–H and O–H groups in total. The van der Waals surface area contributed by atoms with Gasteiger partial charge in [0.2, 0.25) is 10.0 Å².